The van der Waals surface area contributed by atoms with Crippen LogP contribution in [0.25, 0.3) is 11.1 Å². The van der Waals surface area contributed by atoms with Crippen LogP contribution >= 0.6 is 0 Å². The zero-order valence-corrected chi connectivity index (χ0v) is 10.9. The number of hydrogen-bond acceptors (Lipinski definition) is 0. The summed E-state index contributed by atoms with van der Waals surface area (Å²) in [6.07, 6.45) is 1.34. The topological polar surface area (TPSA) is 0 Å². The monoisotopic (exact) mass is 220 g/mol. The maximum absolute atomic E-state index is 2.21. The molecule has 0 spiro atoms. The molecule has 84 valence electrons. The molecule has 0 aliphatic heterocycles. The molecule has 0 unspecified atom stereocenters. The van der Waals surface area contributed by atoms with Crippen molar-refractivity contribution in [2.45, 2.75) is 13.2 Å². The molecule has 0 saturated heterocycles. The van der Waals surface area contributed by atoms with E-state index in [2.05, 4.69) is 63.2 Å². The van der Waals surface area contributed by atoms with Crippen molar-refractivity contribution in [1.82, 2.24) is 0 Å². The Labute approximate surface area is 107 Å². The van der Waals surface area contributed by atoms with Crippen molar-refractivity contribution >= 4 is 22.0 Å². The van der Waals surface area contributed by atoms with Crippen molar-refractivity contribution in [3.63, 3.8) is 0 Å². The predicted octanol–water partition coefficient (Wildman–Crippen LogP) is 2.11. The predicted molar refractivity (Wildman–Crippen MR) is 85.2 cm³/mol. The third-order valence-corrected chi connectivity index (χ3v) is 2.59. The molecule has 0 radical (unpaired) electrons. The van der Waals surface area contributed by atoms with Gasteiger partial charge in [0.2, 0.25) is 0 Å². The maximum atomic E-state index is 2.21. The second-order valence-corrected chi connectivity index (χ2v) is 4.09. The highest BCUT2D eigenvalue weighted by atomic mass is 14.0. The summed E-state index contributed by atoms with van der Waals surface area (Å²) in [5.74, 6) is 0. The van der Waals surface area contributed by atoms with E-state index in [1.54, 1.807) is 0 Å². The number of hydrogen-bond donors (Lipinski definition) is 0. The molecule has 17 heavy (non-hydrogen) atoms. The first-order chi connectivity index (χ1) is 8.38. The molecule has 0 bridgehead atoms. The Morgan fingerprint density at radius 2 is 1.24 bits per heavy atom. The smallest absolute Gasteiger partial charge is 0.0776 e. The van der Waals surface area contributed by atoms with E-state index in [9.17, 15) is 0 Å². The molecule has 0 amide bonds. The van der Waals surface area contributed by atoms with Crippen LogP contribution in [-0.2, 0) is 0 Å². The molecule has 0 aliphatic carbocycles. The highest BCUT2D eigenvalue weighted by Crippen LogP contribution is 2.17. The SMILES string of the molecule is BBBCC.c1ccc(-c2ccccc2)cc1. The van der Waals surface area contributed by atoms with Gasteiger partial charge in [-0.2, -0.15) is 0 Å². The van der Waals surface area contributed by atoms with Gasteiger partial charge in [-0.3, -0.25) is 0 Å². The molecule has 0 fully saturated rings. The van der Waals surface area contributed by atoms with Gasteiger partial charge < -0.3 is 0 Å². The van der Waals surface area contributed by atoms with E-state index >= 15 is 0 Å². The second-order valence-electron chi connectivity index (χ2n) is 4.09. The van der Waals surface area contributed by atoms with Gasteiger partial charge in [0, 0.05) is 0 Å². The van der Waals surface area contributed by atoms with E-state index in [-0.39, 0.29) is 0 Å². The summed E-state index contributed by atoms with van der Waals surface area (Å²) in [6.45, 7) is 2.21. The van der Waals surface area contributed by atoms with Gasteiger partial charge in [-0.05, 0) is 11.1 Å². The average Bonchev–Trinajstić information content (AvgIpc) is 2.42. The molecular formula is C14H19B3. The quantitative estimate of drug-likeness (QED) is 0.694. The fraction of sp³-hybridized carbons (Fsp3) is 0.143. The van der Waals surface area contributed by atoms with Crippen LogP contribution in [-0.4, -0.2) is 22.0 Å². The van der Waals surface area contributed by atoms with Crippen LogP contribution in [0.2, 0.25) is 6.32 Å². The molecule has 2 aromatic rings. The molecule has 0 N–H and O–H groups in total. The normalized spacial score (nSPS) is 8.76. The fourth-order valence-electron chi connectivity index (χ4n) is 1.61. The summed E-state index contributed by atoms with van der Waals surface area (Å²) in [6, 6.07) is 20.8. The van der Waals surface area contributed by atoms with Crippen molar-refractivity contribution in [1.29, 1.82) is 0 Å². The Morgan fingerprint density at radius 1 is 0.824 bits per heavy atom. The van der Waals surface area contributed by atoms with Gasteiger partial charge in [-0.15, -0.1) is 0 Å². The van der Waals surface area contributed by atoms with Crippen LogP contribution in [0.1, 0.15) is 6.92 Å². The summed E-state index contributed by atoms with van der Waals surface area (Å²) in [5.41, 5.74) is 2.55. The van der Waals surface area contributed by atoms with E-state index < -0.39 is 0 Å². The van der Waals surface area contributed by atoms with Crippen molar-refractivity contribution in [2.24, 2.45) is 0 Å². The summed E-state index contributed by atoms with van der Waals surface area (Å²) in [5, 5.41) is 0. The zero-order chi connectivity index (χ0) is 12.3. The highest BCUT2D eigenvalue weighted by molar-refractivity contribution is 7.23. The average molecular weight is 220 g/mol. The molecule has 0 aliphatic rings. The zero-order valence-electron chi connectivity index (χ0n) is 10.9. The minimum absolute atomic E-state index is 1.28. The van der Waals surface area contributed by atoms with Crippen LogP contribution in [0.4, 0.5) is 0 Å². The third kappa shape index (κ3) is 5.49. The summed E-state index contributed by atoms with van der Waals surface area (Å²) >= 11 is 0. The minimum atomic E-state index is 1.28. The summed E-state index contributed by atoms with van der Waals surface area (Å²) < 4.78 is 0. The van der Waals surface area contributed by atoms with Gasteiger partial charge >= 0.3 is 0 Å². The first-order valence-electron chi connectivity index (χ1n) is 6.49. The Balaban J connectivity index is 0.000000249. The highest BCUT2D eigenvalue weighted by Gasteiger charge is 1.91. The standard InChI is InChI=1S/C12H10.C2H9B3/c1-3-7-11(8-4-1)12-9-5-2-6-10-12;1-2-4-5-3/h1-10H;4-5H,2-3H2,1H3. The van der Waals surface area contributed by atoms with Crippen LogP contribution in [0.5, 0.6) is 0 Å². The first-order valence-corrected chi connectivity index (χ1v) is 6.49. The van der Waals surface area contributed by atoms with Gasteiger partial charge in [-0.1, -0.05) is 73.9 Å². The van der Waals surface area contributed by atoms with E-state index in [0.717, 1.165) is 0 Å². The Hall–Kier alpha value is -1.37. The lowest BCUT2D eigenvalue weighted by Crippen LogP contribution is -1.98. The molecule has 2 aromatic carbocycles. The van der Waals surface area contributed by atoms with Crippen molar-refractivity contribution in [3.05, 3.63) is 60.7 Å². The van der Waals surface area contributed by atoms with Gasteiger partial charge in [0.15, 0.2) is 0 Å². The lowest BCUT2D eigenvalue weighted by Gasteiger charge is -1.98. The molecule has 0 atom stereocenters. The van der Waals surface area contributed by atoms with Crippen molar-refractivity contribution in [2.75, 3.05) is 0 Å². The van der Waals surface area contributed by atoms with E-state index in [4.69, 9.17) is 0 Å². The van der Waals surface area contributed by atoms with Crippen LogP contribution in [0.3, 0.4) is 0 Å². The van der Waals surface area contributed by atoms with Crippen LogP contribution in [0, 0.1) is 0 Å². The number of benzene rings is 2. The molecule has 3 heteroatoms. The Morgan fingerprint density at radius 3 is 1.47 bits per heavy atom. The van der Waals surface area contributed by atoms with E-state index in [1.165, 1.54) is 31.7 Å². The molecule has 0 saturated carbocycles. The third-order valence-electron chi connectivity index (χ3n) is 2.59. The van der Waals surface area contributed by atoms with E-state index in [0.29, 0.717) is 0 Å². The van der Waals surface area contributed by atoms with Crippen LogP contribution < -0.4 is 0 Å². The first kappa shape index (κ1) is 13.7. The summed E-state index contributed by atoms with van der Waals surface area (Å²) in [7, 11) is 4.94. The lowest BCUT2D eigenvalue weighted by atomic mass is 9.27. The van der Waals surface area contributed by atoms with Crippen molar-refractivity contribution in [3.8, 4) is 11.1 Å². The Bertz CT molecular complexity index is 347. The summed E-state index contributed by atoms with van der Waals surface area (Å²) in [4.78, 5) is 0. The molecule has 0 nitrogen and oxygen atoms in total. The molecule has 2 rings (SSSR count). The van der Waals surface area contributed by atoms with Gasteiger partial charge in [0.25, 0.3) is 0 Å². The maximum Gasteiger partial charge on any atom is 0.0776 e. The van der Waals surface area contributed by atoms with Gasteiger partial charge in [0.1, 0.15) is 0 Å². The van der Waals surface area contributed by atoms with E-state index in [1.807, 2.05) is 12.1 Å². The minimum Gasteiger partial charge on any atom is -0.0881 e. The molecule has 0 heterocycles. The number of rotatable bonds is 3. The van der Waals surface area contributed by atoms with Gasteiger partial charge in [-0.25, -0.2) is 0 Å². The fourth-order valence-corrected chi connectivity index (χ4v) is 1.61. The van der Waals surface area contributed by atoms with Crippen LogP contribution in [0.15, 0.2) is 60.7 Å². The molecular weight excluding hydrogens is 201 g/mol. The lowest BCUT2D eigenvalue weighted by molar-refractivity contribution is 1.47. The van der Waals surface area contributed by atoms with Gasteiger partial charge in [0.05, 0.1) is 22.0 Å². The Kier molecular flexibility index (Phi) is 7.05. The largest absolute Gasteiger partial charge is 0.0881 e. The molecule has 0 aromatic heterocycles. The second kappa shape index (κ2) is 8.75. The van der Waals surface area contributed by atoms with Crippen molar-refractivity contribution < 1.29 is 0 Å².